The molecule has 0 bridgehead atoms. The predicted molar refractivity (Wildman–Crippen MR) is 94.3 cm³/mol. The summed E-state index contributed by atoms with van der Waals surface area (Å²) in [7, 11) is 0. The van der Waals surface area contributed by atoms with E-state index in [1.54, 1.807) is 0 Å². The van der Waals surface area contributed by atoms with E-state index in [1.807, 2.05) is 30.5 Å². The molecule has 1 saturated heterocycles. The molecule has 3 aromatic heterocycles. The van der Waals surface area contributed by atoms with E-state index < -0.39 is 0 Å². The lowest BCUT2D eigenvalue weighted by atomic mass is 10.1. The van der Waals surface area contributed by atoms with Gasteiger partial charge in [0.05, 0.1) is 22.0 Å². The highest BCUT2D eigenvalue weighted by molar-refractivity contribution is 9.10. The van der Waals surface area contributed by atoms with Crippen LogP contribution in [0.5, 0.6) is 0 Å². The molecular formula is C18H19BrN4. The van der Waals surface area contributed by atoms with Gasteiger partial charge in [0.25, 0.3) is 0 Å². The fourth-order valence-electron chi connectivity index (χ4n) is 3.48. The summed E-state index contributed by atoms with van der Waals surface area (Å²) in [6.07, 6.45) is 6.42. The predicted octanol–water partition coefficient (Wildman–Crippen LogP) is 4.14. The molecule has 1 fully saturated rings. The molecule has 0 N–H and O–H groups in total. The van der Waals surface area contributed by atoms with Crippen molar-refractivity contribution in [2.45, 2.75) is 32.4 Å². The van der Waals surface area contributed by atoms with Gasteiger partial charge in [-0.15, -0.1) is 0 Å². The van der Waals surface area contributed by atoms with E-state index in [-0.39, 0.29) is 0 Å². The van der Waals surface area contributed by atoms with Crippen molar-refractivity contribution in [3.05, 3.63) is 64.3 Å². The van der Waals surface area contributed by atoms with E-state index in [1.165, 1.54) is 24.1 Å². The molecule has 0 aromatic carbocycles. The number of halogens is 1. The summed E-state index contributed by atoms with van der Waals surface area (Å²) in [6.45, 7) is 4.13. The van der Waals surface area contributed by atoms with Crippen LogP contribution in [0.1, 0.15) is 35.8 Å². The van der Waals surface area contributed by atoms with E-state index in [2.05, 4.69) is 49.4 Å². The van der Waals surface area contributed by atoms with Gasteiger partial charge in [0.1, 0.15) is 5.65 Å². The first-order valence-corrected chi connectivity index (χ1v) is 8.80. The van der Waals surface area contributed by atoms with Crippen molar-refractivity contribution < 1.29 is 0 Å². The van der Waals surface area contributed by atoms with E-state index in [4.69, 9.17) is 4.98 Å². The van der Waals surface area contributed by atoms with Crippen molar-refractivity contribution >= 4 is 21.6 Å². The van der Waals surface area contributed by atoms with Crippen LogP contribution in [0.3, 0.4) is 0 Å². The second-order valence-corrected chi connectivity index (χ2v) is 6.96. The molecule has 0 aliphatic carbocycles. The Morgan fingerprint density at radius 2 is 2.17 bits per heavy atom. The molecule has 1 unspecified atom stereocenters. The van der Waals surface area contributed by atoms with Crippen LogP contribution in [0.2, 0.25) is 0 Å². The number of fused-ring (bicyclic) bond motifs is 1. The van der Waals surface area contributed by atoms with Crippen LogP contribution in [-0.4, -0.2) is 25.8 Å². The first-order valence-electron chi connectivity index (χ1n) is 8.00. The second-order valence-electron chi connectivity index (χ2n) is 6.14. The van der Waals surface area contributed by atoms with Crippen molar-refractivity contribution in [1.29, 1.82) is 0 Å². The standard InChI is InChI=1S/C18H19BrN4/c1-13-5-3-9-20-18(13)15-6-4-10-22(15)11-14-12-23-16(19)7-2-8-17(23)21-14/h2-3,5,7-9,12,15H,4,6,10-11H2,1H3. The van der Waals surface area contributed by atoms with Crippen LogP contribution in [0.15, 0.2) is 47.3 Å². The molecular weight excluding hydrogens is 352 g/mol. The minimum absolute atomic E-state index is 0.407. The molecule has 4 rings (SSSR count). The zero-order valence-corrected chi connectivity index (χ0v) is 14.7. The zero-order valence-electron chi connectivity index (χ0n) is 13.1. The number of nitrogens with zero attached hydrogens (tertiary/aromatic N) is 4. The SMILES string of the molecule is Cc1cccnc1C1CCCN1Cc1cn2c(Br)cccc2n1. The maximum absolute atomic E-state index is 4.76. The Hall–Kier alpha value is -1.72. The first-order chi connectivity index (χ1) is 11.2. The van der Waals surface area contributed by atoms with E-state index in [0.717, 1.165) is 29.0 Å². The Labute approximate surface area is 144 Å². The van der Waals surface area contributed by atoms with Crippen LogP contribution in [0, 0.1) is 6.92 Å². The molecule has 5 heteroatoms. The zero-order chi connectivity index (χ0) is 15.8. The maximum atomic E-state index is 4.76. The van der Waals surface area contributed by atoms with Gasteiger partial charge in [-0.05, 0) is 66.0 Å². The van der Waals surface area contributed by atoms with E-state index >= 15 is 0 Å². The molecule has 4 nitrogen and oxygen atoms in total. The molecule has 0 saturated carbocycles. The topological polar surface area (TPSA) is 33.4 Å². The van der Waals surface area contributed by atoms with Gasteiger partial charge in [-0.25, -0.2) is 4.98 Å². The Bertz CT molecular complexity index is 842. The van der Waals surface area contributed by atoms with Gasteiger partial charge in [0.15, 0.2) is 0 Å². The Balaban J connectivity index is 1.62. The van der Waals surface area contributed by atoms with Crippen LogP contribution < -0.4 is 0 Å². The number of pyridine rings is 2. The quantitative estimate of drug-likeness (QED) is 0.649. The number of likely N-dealkylation sites (tertiary alicyclic amines) is 1. The Morgan fingerprint density at radius 3 is 3.00 bits per heavy atom. The first kappa shape index (κ1) is 14.8. The van der Waals surface area contributed by atoms with Crippen molar-refractivity contribution in [2.24, 2.45) is 0 Å². The van der Waals surface area contributed by atoms with Crippen molar-refractivity contribution in [3.63, 3.8) is 0 Å². The highest BCUT2D eigenvalue weighted by Crippen LogP contribution is 2.33. The fourth-order valence-corrected chi connectivity index (χ4v) is 3.92. The van der Waals surface area contributed by atoms with Gasteiger partial charge in [0.2, 0.25) is 0 Å². The van der Waals surface area contributed by atoms with Gasteiger partial charge in [-0.3, -0.25) is 14.3 Å². The highest BCUT2D eigenvalue weighted by atomic mass is 79.9. The third-order valence-electron chi connectivity index (χ3n) is 4.59. The molecule has 118 valence electrons. The van der Waals surface area contributed by atoms with Crippen LogP contribution in [0.25, 0.3) is 5.65 Å². The lowest BCUT2D eigenvalue weighted by Gasteiger charge is -2.24. The number of aromatic nitrogens is 3. The number of rotatable bonds is 3. The summed E-state index contributed by atoms with van der Waals surface area (Å²) in [5.74, 6) is 0. The normalized spacial score (nSPS) is 18.8. The molecule has 1 aliphatic rings. The van der Waals surface area contributed by atoms with E-state index in [9.17, 15) is 0 Å². The Kier molecular flexibility index (Phi) is 3.91. The summed E-state index contributed by atoms with van der Waals surface area (Å²) in [6, 6.07) is 10.7. The van der Waals surface area contributed by atoms with Crippen molar-refractivity contribution in [3.8, 4) is 0 Å². The number of hydrogen-bond donors (Lipinski definition) is 0. The van der Waals surface area contributed by atoms with Crippen molar-refractivity contribution in [1.82, 2.24) is 19.3 Å². The van der Waals surface area contributed by atoms with Gasteiger partial charge in [0, 0.05) is 18.9 Å². The minimum Gasteiger partial charge on any atom is -0.294 e. The number of aryl methyl sites for hydroxylation is 1. The summed E-state index contributed by atoms with van der Waals surface area (Å²) in [5, 5.41) is 0. The van der Waals surface area contributed by atoms with Crippen molar-refractivity contribution in [2.75, 3.05) is 6.54 Å². The fraction of sp³-hybridized carbons (Fsp3) is 0.333. The molecule has 3 aromatic rings. The third kappa shape index (κ3) is 2.79. The Morgan fingerprint density at radius 1 is 1.26 bits per heavy atom. The maximum Gasteiger partial charge on any atom is 0.137 e. The second kappa shape index (κ2) is 6.06. The van der Waals surface area contributed by atoms with Gasteiger partial charge in [-0.2, -0.15) is 0 Å². The monoisotopic (exact) mass is 370 g/mol. The van der Waals surface area contributed by atoms with Crippen LogP contribution in [-0.2, 0) is 6.54 Å². The largest absolute Gasteiger partial charge is 0.294 e. The third-order valence-corrected chi connectivity index (χ3v) is 5.23. The molecule has 0 amide bonds. The highest BCUT2D eigenvalue weighted by Gasteiger charge is 2.28. The van der Waals surface area contributed by atoms with Crippen LogP contribution >= 0.6 is 15.9 Å². The minimum atomic E-state index is 0.407. The molecule has 23 heavy (non-hydrogen) atoms. The number of imidazole rings is 1. The smallest absolute Gasteiger partial charge is 0.137 e. The molecule has 4 heterocycles. The number of hydrogen-bond acceptors (Lipinski definition) is 3. The molecule has 1 aliphatic heterocycles. The summed E-state index contributed by atoms with van der Waals surface area (Å²) in [4.78, 5) is 11.9. The summed E-state index contributed by atoms with van der Waals surface area (Å²) < 4.78 is 3.12. The average molecular weight is 371 g/mol. The average Bonchev–Trinajstić information content (AvgIpc) is 3.16. The van der Waals surface area contributed by atoms with Gasteiger partial charge in [-0.1, -0.05) is 12.1 Å². The lowest BCUT2D eigenvalue weighted by molar-refractivity contribution is 0.241. The summed E-state index contributed by atoms with van der Waals surface area (Å²) >= 11 is 3.58. The molecule has 0 radical (unpaired) electrons. The van der Waals surface area contributed by atoms with Gasteiger partial charge < -0.3 is 0 Å². The van der Waals surface area contributed by atoms with Gasteiger partial charge >= 0.3 is 0 Å². The molecule has 0 spiro atoms. The van der Waals surface area contributed by atoms with Crippen LogP contribution in [0.4, 0.5) is 0 Å². The lowest BCUT2D eigenvalue weighted by Crippen LogP contribution is -2.24. The van der Waals surface area contributed by atoms with E-state index in [0.29, 0.717) is 6.04 Å². The summed E-state index contributed by atoms with van der Waals surface area (Å²) in [5.41, 5.74) is 4.59. The molecule has 1 atom stereocenters.